The molecule has 0 radical (unpaired) electrons. The second kappa shape index (κ2) is 3.73. The lowest BCUT2D eigenvalue weighted by Crippen LogP contribution is -2.40. The Labute approximate surface area is 83.7 Å². The van der Waals surface area contributed by atoms with Crippen molar-refractivity contribution in [2.24, 2.45) is 0 Å². The first-order valence-electron chi connectivity index (χ1n) is 5.05. The Hall–Kier alpha value is -0.835. The second-order valence-electron chi connectivity index (χ2n) is 4.28. The Morgan fingerprint density at radius 1 is 1.36 bits per heavy atom. The predicted molar refractivity (Wildman–Crippen MR) is 52.1 cm³/mol. The fourth-order valence-corrected chi connectivity index (χ4v) is 1.84. The van der Waals surface area contributed by atoms with Gasteiger partial charge in [-0.25, -0.2) is 0 Å². The number of nitrogens with zero attached hydrogens (tertiary/aromatic N) is 1. The van der Waals surface area contributed by atoms with Crippen molar-refractivity contribution in [1.29, 1.82) is 0 Å². The van der Waals surface area contributed by atoms with Crippen molar-refractivity contribution in [2.45, 2.75) is 25.0 Å². The molecule has 0 unspecified atom stereocenters. The molecule has 0 amide bonds. The Morgan fingerprint density at radius 3 is 2.71 bits per heavy atom. The summed E-state index contributed by atoms with van der Waals surface area (Å²) in [6.07, 6.45) is 2.60. The maximum absolute atomic E-state index is 11.5. The van der Waals surface area contributed by atoms with Gasteiger partial charge in [0.1, 0.15) is 5.78 Å². The van der Waals surface area contributed by atoms with Crippen LogP contribution in [0.2, 0.25) is 12.1 Å². The van der Waals surface area contributed by atoms with E-state index in [1.165, 1.54) is 0 Å². The van der Waals surface area contributed by atoms with E-state index >= 15 is 0 Å². The average Bonchev–Trinajstić information content (AvgIpc) is 2.81. The van der Waals surface area contributed by atoms with Crippen LogP contribution in [0, 0.1) is 0 Å². The van der Waals surface area contributed by atoms with E-state index in [-0.39, 0.29) is 25.2 Å². The van der Waals surface area contributed by atoms with Crippen molar-refractivity contribution in [3.05, 3.63) is 0 Å². The smallest absolute Gasteiger partial charge is 0.372 e. The highest BCUT2D eigenvalue weighted by atomic mass is 16.5. The number of carbonyl (C=O) groups excluding carboxylic acids is 2. The number of hydrogen-bond acceptors (Lipinski definition) is 4. The summed E-state index contributed by atoms with van der Waals surface area (Å²) in [5.41, 5.74) is 0. The summed E-state index contributed by atoms with van der Waals surface area (Å²) in [7, 11) is 1.76. The quantitative estimate of drug-likeness (QED) is 0.560. The minimum absolute atomic E-state index is 0.135. The highest BCUT2D eigenvalue weighted by molar-refractivity contribution is 6.60. The number of rotatable bonds is 1. The first-order chi connectivity index (χ1) is 6.65. The molecule has 1 aliphatic carbocycles. The molecule has 1 saturated carbocycles. The van der Waals surface area contributed by atoms with Gasteiger partial charge >= 0.3 is 12.9 Å². The van der Waals surface area contributed by atoms with Crippen LogP contribution < -0.4 is 0 Å². The zero-order valence-corrected chi connectivity index (χ0v) is 8.36. The molecule has 0 spiro atoms. The van der Waals surface area contributed by atoms with Crippen molar-refractivity contribution in [1.82, 2.24) is 4.90 Å². The van der Waals surface area contributed by atoms with Gasteiger partial charge in [0.05, 0.1) is 13.1 Å². The van der Waals surface area contributed by atoms with E-state index in [1.54, 1.807) is 11.9 Å². The molecular weight excluding hydrogens is 181 g/mol. The molecule has 0 aromatic carbocycles. The van der Waals surface area contributed by atoms with E-state index in [0.29, 0.717) is 18.7 Å². The molecule has 2 rings (SSSR count). The van der Waals surface area contributed by atoms with Gasteiger partial charge < -0.3 is 4.65 Å². The molecule has 1 heterocycles. The van der Waals surface area contributed by atoms with E-state index in [0.717, 1.165) is 12.8 Å². The molecule has 0 aromatic rings. The third kappa shape index (κ3) is 2.35. The van der Waals surface area contributed by atoms with Crippen LogP contribution in [-0.2, 0) is 14.2 Å². The Kier molecular flexibility index (Phi) is 2.59. The first kappa shape index (κ1) is 9.71. The van der Waals surface area contributed by atoms with Crippen LogP contribution in [0.1, 0.15) is 12.8 Å². The third-order valence-electron chi connectivity index (χ3n) is 2.70. The molecule has 14 heavy (non-hydrogen) atoms. The summed E-state index contributed by atoms with van der Waals surface area (Å²) >= 11 is 0. The van der Waals surface area contributed by atoms with Crippen molar-refractivity contribution in [2.75, 3.05) is 20.1 Å². The standard InChI is InChI=1S/C9H14BNO3/c1-11-5-8(12)4-10(7-2-3-7)14-9(13)6-11/h7H,2-6H2,1H3. The summed E-state index contributed by atoms with van der Waals surface area (Å²) < 4.78 is 5.25. The molecule has 0 aromatic heterocycles. The minimum Gasteiger partial charge on any atom is -0.535 e. The average molecular weight is 195 g/mol. The van der Waals surface area contributed by atoms with Gasteiger partial charge in [0, 0.05) is 6.32 Å². The summed E-state index contributed by atoms with van der Waals surface area (Å²) in [5.74, 6) is 0.431. The van der Waals surface area contributed by atoms with Gasteiger partial charge in [0.15, 0.2) is 0 Å². The molecule has 76 valence electrons. The maximum Gasteiger partial charge on any atom is 0.372 e. The highest BCUT2D eigenvalue weighted by Gasteiger charge is 2.41. The van der Waals surface area contributed by atoms with Gasteiger partial charge in [-0.3, -0.25) is 14.5 Å². The number of carbonyl (C=O) groups is 2. The van der Waals surface area contributed by atoms with E-state index in [1.807, 2.05) is 0 Å². The molecular formula is C9H14BNO3. The van der Waals surface area contributed by atoms with E-state index in [2.05, 4.69) is 0 Å². The van der Waals surface area contributed by atoms with Crippen LogP contribution in [-0.4, -0.2) is 43.7 Å². The van der Waals surface area contributed by atoms with Crippen molar-refractivity contribution >= 4 is 18.7 Å². The van der Waals surface area contributed by atoms with Gasteiger partial charge in [-0.1, -0.05) is 12.8 Å². The SMILES string of the molecule is CN1CC(=O)CB(C2CC2)OC(=O)C1. The highest BCUT2D eigenvalue weighted by Crippen LogP contribution is 2.41. The van der Waals surface area contributed by atoms with Crippen LogP contribution in [0.25, 0.3) is 0 Å². The minimum atomic E-state index is -0.197. The zero-order valence-electron chi connectivity index (χ0n) is 8.36. The topological polar surface area (TPSA) is 46.6 Å². The van der Waals surface area contributed by atoms with Gasteiger partial charge in [0.2, 0.25) is 0 Å². The van der Waals surface area contributed by atoms with E-state index in [4.69, 9.17) is 4.65 Å². The molecule has 2 aliphatic rings. The van der Waals surface area contributed by atoms with Crippen LogP contribution in [0.15, 0.2) is 0 Å². The van der Waals surface area contributed by atoms with Crippen molar-refractivity contribution in [3.63, 3.8) is 0 Å². The zero-order chi connectivity index (χ0) is 10.1. The third-order valence-corrected chi connectivity index (χ3v) is 2.70. The molecule has 2 fully saturated rings. The fraction of sp³-hybridized carbons (Fsp3) is 0.778. The number of likely N-dealkylation sites (N-methyl/N-ethyl adjacent to an activating group) is 1. The summed E-state index contributed by atoms with van der Waals surface area (Å²) in [6.45, 7) is 0.469. The van der Waals surface area contributed by atoms with E-state index < -0.39 is 0 Å². The van der Waals surface area contributed by atoms with Gasteiger partial charge in [-0.05, 0) is 12.9 Å². The predicted octanol–water partition coefficient (Wildman–Crippen LogP) is 0.200. The number of hydrogen-bond donors (Lipinski definition) is 0. The molecule has 1 aliphatic heterocycles. The monoisotopic (exact) mass is 195 g/mol. The summed E-state index contributed by atoms with van der Waals surface area (Å²) in [4.78, 5) is 24.5. The van der Waals surface area contributed by atoms with Crippen LogP contribution in [0.4, 0.5) is 0 Å². The van der Waals surface area contributed by atoms with Crippen molar-refractivity contribution < 1.29 is 14.2 Å². The Morgan fingerprint density at radius 2 is 2.07 bits per heavy atom. The number of Topliss-reactive ketones (excluding diaryl/α,β-unsaturated/α-hetero) is 1. The van der Waals surface area contributed by atoms with E-state index in [9.17, 15) is 9.59 Å². The maximum atomic E-state index is 11.5. The van der Waals surface area contributed by atoms with Gasteiger partial charge in [0.25, 0.3) is 0 Å². The largest absolute Gasteiger partial charge is 0.535 e. The lowest BCUT2D eigenvalue weighted by molar-refractivity contribution is -0.136. The first-order valence-corrected chi connectivity index (χ1v) is 5.05. The molecule has 1 saturated heterocycles. The summed E-state index contributed by atoms with van der Waals surface area (Å²) in [5, 5.41) is 0. The molecule has 0 N–H and O–H groups in total. The normalized spacial score (nSPS) is 25.6. The van der Waals surface area contributed by atoms with Gasteiger partial charge in [-0.15, -0.1) is 0 Å². The Balaban J connectivity index is 1.99. The molecule has 0 bridgehead atoms. The summed E-state index contributed by atoms with van der Waals surface area (Å²) in [6, 6.07) is 0. The lowest BCUT2D eigenvalue weighted by atomic mass is 9.58. The number of ketones is 1. The lowest BCUT2D eigenvalue weighted by Gasteiger charge is -2.22. The Bertz CT molecular complexity index is 245. The molecule has 4 nitrogen and oxygen atoms in total. The van der Waals surface area contributed by atoms with Crippen LogP contribution in [0.5, 0.6) is 0 Å². The van der Waals surface area contributed by atoms with Crippen LogP contribution >= 0.6 is 0 Å². The van der Waals surface area contributed by atoms with Crippen molar-refractivity contribution in [3.8, 4) is 0 Å². The van der Waals surface area contributed by atoms with Gasteiger partial charge in [-0.2, -0.15) is 0 Å². The molecule has 5 heteroatoms. The molecule has 0 atom stereocenters. The second-order valence-corrected chi connectivity index (χ2v) is 4.28. The fourth-order valence-electron chi connectivity index (χ4n) is 1.84. The van der Waals surface area contributed by atoms with Crippen LogP contribution in [0.3, 0.4) is 0 Å².